The third-order valence-corrected chi connectivity index (χ3v) is 4.92. The van der Waals surface area contributed by atoms with Crippen LogP contribution in [-0.4, -0.2) is 43.0 Å². The van der Waals surface area contributed by atoms with E-state index in [0.29, 0.717) is 22.7 Å². The molecule has 4 heterocycles. The summed E-state index contributed by atoms with van der Waals surface area (Å²) in [6.07, 6.45) is 3.19. The Bertz CT molecular complexity index is 1290. The van der Waals surface area contributed by atoms with Crippen molar-refractivity contribution in [3.8, 4) is 11.3 Å². The van der Waals surface area contributed by atoms with E-state index in [4.69, 9.17) is 0 Å². The molecule has 2 amide bonds. The third-order valence-electron chi connectivity index (χ3n) is 4.92. The van der Waals surface area contributed by atoms with Gasteiger partial charge in [-0.3, -0.25) is 19.7 Å². The first kappa shape index (κ1) is 20.3. The molecule has 0 unspecified atom stereocenters. The monoisotopic (exact) mass is 417 g/mol. The number of rotatable bonds is 5. The largest absolute Gasteiger partial charge is 0.349 e. The van der Waals surface area contributed by atoms with Gasteiger partial charge in [-0.2, -0.15) is 5.10 Å². The highest BCUT2D eigenvalue weighted by Gasteiger charge is 2.16. The Kier molecular flexibility index (Phi) is 5.24. The van der Waals surface area contributed by atoms with Crippen LogP contribution in [0.4, 0.5) is 5.69 Å². The summed E-state index contributed by atoms with van der Waals surface area (Å²) in [5.74, 6) is -0.520. The molecule has 9 heteroatoms. The first-order chi connectivity index (χ1) is 14.8. The van der Waals surface area contributed by atoms with Gasteiger partial charge in [0.1, 0.15) is 11.3 Å². The van der Waals surface area contributed by atoms with Gasteiger partial charge < -0.3 is 15.6 Å². The van der Waals surface area contributed by atoms with Crippen LogP contribution >= 0.6 is 0 Å². The van der Waals surface area contributed by atoms with Gasteiger partial charge in [-0.1, -0.05) is 0 Å². The molecule has 4 aromatic rings. The predicted octanol–water partition coefficient (Wildman–Crippen LogP) is 3.36. The average molecular weight is 417 g/mol. The molecule has 0 aliphatic rings. The SMILES string of the molecule is Cc1[nH]nc(C(=O)Nc2cnc3[nH]c(-c4ccnc(C(=O)NC(C)C)c4)cc3c2)c1C. The van der Waals surface area contributed by atoms with Crippen LogP contribution in [0.2, 0.25) is 0 Å². The second-order valence-corrected chi connectivity index (χ2v) is 7.68. The highest BCUT2D eigenvalue weighted by atomic mass is 16.2. The summed E-state index contributed by atoms with van der Waals surface area (Å²) >= 11 is 0. The van der Waals surface area contributed by atoms with Gasteiger partial charge in [0.25, 0.3) is 11.8 Å². The molecule has 0 aliphatic carbocycles. The van der Waals surface area contributed by atoms with Crippen LogP contribution in [0.25, 0.3) is 22.3 Å². The van der Waals surface area contributed by atoms with Crippen molar-refractivity contribution in [1.82, 2.24) is 30.5 Å². The van der Waals surface area contributed by atoms with Crippen LogP contribution in [0.5, 0.6) is 0 Å². The van der Waals surface area contributed by atoms with Crippen molar-refractivity contribution >= 4 is 28.5 Å². The number of aromatic amines is 2. The van der Waals surface area contributed by atoms with E-state index in [9.17, 15) is 9.59 Å². The molecule has 4 rings (SSSR count). The van der Waals surface area contributed by atoms with E-state index < -0.39 is 0 Å². The van der Waals surface area contributed by atoms with Gasteiger partial charge in [0.2, 0.25) is 0 Å². The number of amides is 2. The summed E-state index contributed by atoms with van der Waals surface area (Å²) in [5.41, 5.74) is 5.21. The number of fused-ring (bicyclic) bond motifs is 1. The van der Waals surface area contributed by atoms with Crippen LogP contribution in [0.15, 0.2) is 36.7 Å². The molecule has 0 fully saturated rings. The molecule has 0 aliphatic heterocycles. The highest BCUT2D eigenvalue weighted by molar-refractivity contribution is 6.04. The van der Waals surface area contributed by atoms with Crippen molar-refractivity contribution in [1.29, 1.82) is 0 Å². The Balaban J connectivity index is 1.59. The fraction of sp³-hybridized carbons (Fsp3) is 0.227. The van der Waals surface area contributed by atoms with Crippen LogP contribution in [0, 0.1) is 13.8 Å². The Morgan fingerprint density at radius 3 is 2.58 bits per heavy atom. The number of H-pyrrole nitrogens is 2. The van der Waals surface area contributed by atoms with E-state index in [1.807, 2.05) is 45.9 Å². The summed E-state index contributed by atoms with van der Waals surface area (Å²) in [4.78, 5) is 36.6. The molecule has 4 aromatic heterocycles. The van der Waals surface area contributed by atoms with Gasteiger partial charge in [0.05, 0.1) is 11.9 Å². The Labute approximate surface area is 178 Å². The number of hydrogen-bond acceptors (Lipinski definition) is 5. The second-order valence-electron chi connectivity index (χ2n) is 7.68. The topological polar surface area (TPSA) is 128 Å². The third kappa shape index (κ3) is 4.16. The number of nitrogens with zero attached hydrogens (tertiary/aromatic N) is 3. The van der Waals surface area contributed by atoms with Gasteiger partial charge in [0, 0.05) is 40.1 Å². The minimum Gasteiger partial charge on any atom is -0.349 e. The quantitative estimate of drug-likeness (QED) is 0.396. The maximum atomic E-state index is 12.5. The molecule has 0 radical (unpaired) electrons. The number of pyridine rings is 2. The lowest BCUT2D eigenvalue weighted by molar-refractivity contribution is 0.0937. The lowest BCUT2D eigenvalue weighted by atomic mass is 10.1. The van der Waals surface area contributed by atoms with Gasteiger partial charge >= 0.3 is 0 Å². The zero-order valence-corrected chi connectivity index (χ0v) is 17.7. The predicted molar refractivity (Wildman–Crippen MR) is 118 cm³/mol. The minimum absolute atomic E-state index is 0.0260. The smallest absolute Gasteiger partial charge is 0.276 e. The fourth-order valence-electron chi connectivity index (χ4n) is 3.19. The maximum absolute atomic E-state index is 12.5. The molecule has 0 spiro atoms. The molecular weight excluding hydrogens is 394 g/mol. The molecule has 4 N–H and O–H groups in total. The number of anilines is 1. The number of carbonyl (C=O) groups is 2. The molecule has 0 bridgehead atoms. The molecule has 0 saturated heterocycles. The lowest BCUT2D eigenvalue weighted by Gasteiger charge is -2.08. The van der Waals surface area contributed by atoms with Gasteiger partial charge in [-0.05, 0) is 52.0 Å². The fourth-order valence-corrected chi connectivity index (χ4v) is 3.19. The van der Waals surface area contributed by atoms with Crippen molar-refractivity contribution in [3.63, 3.8) is 0 Å². The van der Waals surface area contributed by atoms with Gasteiger partial charge in [0.15, 0.2) is 5.69 Å². The summed E-state index contributed by atoms with van der Waals surface area (Å²) in [6.45, 7) is 7.51. The lowest BCUT2D eigenvalue weighted by Crippen LogP contribution is -2.30. The molecular formula is C22H23N7O2. The van der Waals surface area contributed by atoms with Crippen molar-refractivity contribution in [2.24, 2.45) is 0 Å². The van der Waals surface area contributed by atoms with Crippen molar-refractivity contribution in [3.05, 3.63) is 59.3 Å². The van der Waals surface area contributed by atoms with E-state index in [2.05, 4.69) is 35.8 Å². The van der Waals surface area contributed by atoms with Crippen molar-refractivity contribution < 1.29 is 9.59 Å². The van der Waals surface area contributed by atoms with E-state index in [0.717, 1.165) is 27.9 Å². The number of aromatic nitrogens is 5. The van der Waals surface area contributed by atoms with Crippen LogP contribution in [-0.2, 0) is 0 Å². The normalized spacial score (nSPS) is 11.1. The summed E-state index contributed by atoms with van der Waals surface area (Å²) in [7, 11) is 0. The summed E-state index contributed by atoms with van der Waals surface area (Å²) in [6, 6.07) is 7.33. The maximum Gasteiger partial charge on any atom is 0.276 e. The Morgan fingerprint density at radius 1 is 1.06 bits per heavy atom. The molecule has 158 valence electrons. The van der Waals surface area contributed by atoms with E-state index in [1.165, 1.54) is 0 Å². The van der Waals surface area contributed by atoms with E-state index in [1.54, 1.807) is 18.5 Å². The van der Waals surface area contributed by atoms with E-state index in [-0.39, 0.29) is 17.9 Å². The van der Waals surface area contributed by atoms with Crippen LogP contribution in [0.3, 0.4) is 0 Å². The van der Waals surface area contributed by atoms with E-state index >= 15 is 0 Å². The molecule has 31 heavy (non-hydrogen) atoms. The Hall–Kier alpha value is -4.01. The molecule has 0 saturated carbocycles. The first-order valence-electron chi connectivity index (χ1n) is 9.91. The Morgan fingerprint density at radius 2 is 1.87 bits per heavy atom. The highest BCUT2D eigenvalue weighted by Crippen LogP contribution is 2.25. The van der Waals surface area contributed by atoms with Crippen LogP contribution < -0.4 is 10.6 Å². The van der Waals surface area contributed by atoms with Gasteiger partial charge in [-0.15, -0.1) is 0 Å². The zero-order chi connectivity index (χ0) is 22.1. The second kappa shape index (κ2) is 8.02. The van der Waals surface area contributed by atoms with Gasteiger partial charge in [-0.25, -0.2) is 4.98 Å². The molecule has 0 atom stereocenters. The first-order valence-corrected chi connectivity index (χ1v) is 9.91. The average Bonchev–Trinajstić information content (AvgIpc) is 3.31. The number of aryl methyl sites for hydroxylation is 1. The van der Waals surface area contributed by atoms with Crippen LogP contribution in [0.1, 0.15) is 46.1 Å². The number of carbonyl (C=O) groups excluding carboxylic acids is 2. The minimum atomic E-state index is -0.298. The standard InChI is InChI=1S/C22H23N7O2/c1-11(2)25-21(30)18-8-14(5-6-23-18)17-9-15-7-16(10-24-20(15)27-17)26-22(31)19-12(3)13(4)28-29-19/h5-11H,1-4H3,(H,24,27)(H,25,30)(H,26,31)(H,28,29). The molecule has 0 aromatic carbocycles. The van der Waals surface area contributed by atoms with Crippen molar-refractivity contribution in [2.45, 2.75) is 33.7 Å². The summed E-state index contributed by atoms with van der Waals surface area (Å²) in [5, 5.41) is 13.4. The number of hydrogen-bond donors (Lipinski definition) is 4. The summed E-state index contributed by atoms with van der Waals surface area (Å²) < 4.78 is 0. The van der Waals surface area contributed by atoms with Crippen molar-refractivity contribution in [2.75, 3.05) is 5.32 Å². The molecule has 9 nitrogen and oxygen atoms in total. The number of nitrogens with one attached hydrogen (secondary N) is 4. The zero-order valence-electron chi connectivity index (χ0n) is 17.7.